The number of ether oxygens (including phenoxy) is 4. The molecule has 6 amide bonds. The zero-order chi connectivity index (χ0) is 69.7. The second kappa shape index (κ2) is 35.7. The first-order valence-electron chi connectivity index (χ1n) is 30.7. The average Bonchev–Trinajstić information content (AvgIpc) is 0.785. The summed E-state index contributed by atoms with van der Waals surface area (Å²) in [5.74, 6) is -9.69. The lowest BCUT2D eigenvalue weighted by Gasteiger charge is -2.46. The molecule has 2 aliphatic rings. The van der Waals surface area contributed by atoms with Gasteiger partial charge in [-0.05, 0) is 119 Å². The number of carboxylic acid groups (broad SMARTS) is 2. The molecular weight excluding hydrogens is 1290 g/mol. The van der Waals surface area contributed by atoms with E-state index in [1.54, 1.807) is 48.5 Å². The third-order valence-electron chi connectivity index (χ3n) is 15.6. The molecule has 2 heterocycles. The van der Waals surface area contributed by atoms with Crippen LogP contribution in [0.1, 0.15) is 81.0 Å². The van der Waals surface area contributed by atoms with Crippen LogP contribution in [-0.4, -0.2) is 233 Å². The summed E-state index contributed by atoms with van der Waals surface area (Å²) in [6, 6.07) is 29.0. The molecule has 0 aromatic heterocycles. The molecule has 7 rings (SSSR count). The van der Waals surface area contributed by atoms with Gasteiger partial charge in [0, 0.05) is 86.6 Å². The lowest BCUT2D eigenvalue weighted by molar-refractivity contribution is -0.310. The third-order valence-corrected chi connectivity index (χ3v) is 17.8. The van der Waals surface area contributed by atoms with E-state index >= 15 is 0 Å². The van der Waals surface area contributed by atoms with E-state index in [0.29, 0.717) is 23.0 Å². The van der Waals surface area contributed by atoms with Crippen molar-refractivity contribution >= 4 is 70.9 Å². The van der Waals surface area contributed by atoms with Crippen LogP contribution in [0, 0.1) is 0 Å². The van der Waals surface area contributed by atoms with Crippen LogP contribution >= 0.6 is 23.5 Å². The van der Waals surface area contributed by atoms with Crippen LogP contribution in [0.4, 0.5) is 0 Å². The number of thioether (sulfide) groups is 2. The second-order valence-electron chi connectivity index (χ2n) is 22.8. The average molecular weight is 1370 g/mol. The summed E-state index contributed by atoms with van der Waals surface area (Å²) in [6.45, 7) is 1.28. The highest BCUT2D eigenvalue weighted by atomic mass is 32.2. The van der Waals surface area contributed by atoms with E-state index in [-0.39, 0.29) is 72.9 Å². The first kappa shape index (κ1) is 75.1. The molecule has 518 valence electrons. The van der Waals surface area contributed by atoms with E-state index in [2.05, 4.69) is 31.9 Å². The molecule has 5 aromatic rings. The third kappa shape index (κ3) is 20.9. The fraction of sp³-hybridized carbons (Fsp3) is 0.424. The molecule has 0 spiro atoms. The lowest BCUT2D eigenvalue weighted by Crippen LogP contribution is -2.68. The maximum absolute atomic E-state index is 13.0. The van der Waals surface area contributed by atoms with Gasteiger partial charge in [-0.25, -0.2) is 9.59 Å². The fourth-order valence-electron chi connectivity index (χ4n) is 10.6. The van der Waals surface area contributed by atoms with Gasteiger partial charge in [-0.2, -0.15) is 23.5 Å². The number of amides is 6. The molecule has 2 saturated heterocycles. The minimum Gasteiger partial charge on any atom is -0.508 e. The molecule has 2 aliphatic heterocycles. The highest BCUT2D eigenvalue weighted by Gasteiger charge is 2.57. The molecule has 12 atom stereocenters. The van der Waals surface area contributed by atoms with Crippen molar-refractivity contribution in [2.24, 2.45) is 0 Å². The summed E-state index contributed by atoms with van der Waals surface area (Å²) < 4.78 is 23.1. The van der Waals surface area contributed by atoms with Crippen LogP contribution < -0.4 is 31.9 Å². The van der Waals surface area contributed by atoms with Gasteiger partial charge in [-0.3, -0.25) is 28.8 Å². The minimum atomic E-state index is -2.51. The minimum absolute atomic E-state index is 0.0957. The molecule has 96 heavy (non-hydrogen) atoms. The molecule has 2 fully saturated rings. The van der Waals surface area contributed by atoms with E-state index in [4.69, 9.17) is 18.9 Å². The predicted molar refractivity (Wildman–Crippen MR) is 350 cm³/mol. The van der Waals surface area contributed by atoms with Crippen molar-refractivity contribution in [3.8, 4) is 33.8 Å². The van der Waals surface area contributed by atoms with Crippen molar-refractivity contribution in [1.29, 1.82) is 0 Å². The van der Waals surface area contributed by atoms with Gasteiger partial charge >= 0.3 is 11.9 Å². The number of rotatable bonds is 34. The first-order chi connectivity index (χ1) is 45.8. The van der Waals surface area contributed by atoms with Gasteiger partial charge in [-0.15, -0.1) is 0 Å². The fourth-order valence-corrected chi connectivity index (χ4v) is 12.1. The number of aliphatic carboxylic acids is 2. The molecule has 0 bridgehead atoms. The summed E-state index contributed by atoms with van der Waals surface area (Å²) >= 11 is 2.82. The lowest BCUT2D eigenvalue weighted by atomic mass is 9.88. The SMILES string of the molecule is CC(=O)N[C@H]1[C@H]([C@H](O)[C@H](O)CNC(=O)c2ccc(-c3ccc(O)cc3)cc2)O[C@@](OCCCSCCNC(=O)c2ccc(C(=O)NCCSCCCO[C@]3(C(=O)O)C[C@H](O)[C@@H](NC(C)=O)[C@H]([C@H](O)[C@H](O)CNC(=O)c4ccc(-c5ccc(O)cc5)cc4)O3)cc2)(C(=O)O)C[C@@H]1O. The van der Waals surface area contributed by atoms with Crippen molar-refractivity contribution in [1.82, 2.24) is 31.9 Å². The Morgan fingerprint density at radius 3 is 1.06 bits per heavy atom. The van der Waals surface area contributed by atoms with E-state index in [9.17, 15) is 89.4 Å². The quantitative estimate of drug-likeness (QED) is 0.0258. The number of phenolic OH excluding ortho intramolecular Hbond substituents is 2. The van der Waals surface area contributed by atoms with E-state index in [1.807, 2.05) is 0 Å². The maximum atomic E-state index is 13.0. The Morgan fingerprint density at radius 1 is 0.469 bits per heavy atom. The number of phenols is 2. The molecule has 0 radical (unpaired) electrons. The Kier molecular flexibility index (Phi) is 27.9. The van der Waals surface area contributed by atoms with Gasteiger partial charge in [0.05, 0.1) is 49.7 Å². The van der Waals surface area contributed by atoms with Crippen molar-refractivity contribution in [2.45, 2.75) is 112 Å². The predicted octanol–water partition coefficient (Wildman–Crippen LogP) is 1.35. The number of aromatic hydroxyl groups is 2. The van der Waals surface area contributed by atoms with Crippen LogP contribution in [-0.2, 0) is 38.1 Å². The summed E-state index contributed by atoms with van der Waals surface area (Å²) in [6.07, 6.45) is -14.9. The van der Waals surface area contributed by atoms with Gasteiger partial charge in [0.1, 0.15) is 35.9 Å². The van der Waals surface area contributed by atoms with Crippen LogP contribution in [0.15, 0.2) is 121 Å². The second-order valence-corrected chi connectivity index (χ2v) is 25.2. The van der Waals surface area contributed by atoms with Crippen LogP contribution in [0.5, 0.6) is 11.5 Å². The summed E-state index contributed by atoms with van der Waals surface area (Å²) in [5, 5.41) is 122. The molecule has 28 nitrogen and oxygen atoms in total. The number of benzene rings is 5. The Bertz CT molecular complexity index is 3210. The molecule has 5 aromatic carbocycles. The Hall–Kier alpha value is -8.24. The maximum Gasteiger partial charge on any atom is 0.364 e. The topological polar surface area (TPSA) is 448 Å². The van der Waals surface area contributed by atoms with Gasteiger partial charge in [0.15, 0.2) is 0 Å². The standard InChI is InChI=1S/C66H80N6O22S2/c1-37(73)71-53-49(77)33-65(63(87)88,93-57(53)55(81)51(79)35-69-61(85)45-9-5-39(6-10-45)41-17-21-47(75)22-18-41)91-27-3-29-95-31-25-67-59(83)43-13-15-44(16-14-43)60(84)68-26-32-96-30-4-28-92-66(64(89)90)34-50(78)54(72-38(2)74)58(94-66)56(82)52(80)36-70-62(86)46-11-7-40(8-12-46)42-19-23-48(76)24-20-42/h5-24,49-58,75-82H,3-4,25-36H2,1-2H3,(H,67,83)(H,68,84)(H,69,85)(H,70,86)(H,71,73)(H,72,74)(H,87,88)(H,89,90)/t49-,50-,51+,52+,53+,54+,55+,56+,57+,58+,65+,66+/m0/s1. The highest BCUT2D eigenvalue weighted by Crippen LogP contribution is 2.36. The monoisotopic (exact) mass is 1370 g/mol. The van der Waals surface area contributed by atoms with Crippen LogP contribution in [0.25, 0.3) is 22.3 Å². The van der Waals surface area contributed by atoms with E-state index in [0.717, 1.165) is 36.1 Å². The molecule has 30 heteroatoms. The normalized spacial score (nSPS) is 22.0. The Labute approximate surface area is 560 Å². The number of carbonyl (C=O) groups excluding carboxylic acids is 6. The largest absolute Gasteiger partial charge is 0.508 e. The molecule has 0 unspecified atom stereocenters. The molecule has 0 aliphatic carbocycles. The van der Waals surface area contributed by atoms with E-state index in [1.165, 1.54) is 96.3 Å². The number of carboxylic acids is 2. The zero-order valence-corrected chi connectivity index (χ0v) is 54.0. The first-order valence-corrected chi connectivity index (χ1v) is 33.0. The van der Waals surface area contributed by atoms with Gasteiger partial charge in [-0.1, -0.05) is 48.5 Å². The van der Waals surface area contributed by atoms with Crippen molar-refractivity contribution in [3.63, 3.8) is 0 Å². The number of aliphatic hydroxyl groups is 6. The number of hydrogen-bond acceptors (Lipinski definition) is 22. The Balaban J connectivity index is 0.774. The smallest absolute Gasteiger partial charge is 0.364 e. The van der Waals surface area contributed by atoms with Gasteiger partial charge < -0.3 is 102 Å². The summed E-state index contributed by atoms with van der Waals surface area (Å²) in [7, 11) is 0. The number of hydrogen-bond donors (Lipinski definition) is 16. The highest BCUT2D eigenvalue weighted by molar-refractivity contribution is 7.99. The van der Waals surface area contributed by atoms with Gasteiger partial charge in [0.2, 0.25) is 11.8 Å². The van der Waals surface area contributed by atoms with Gasteiger partial charge in [0.25, 0.3) is 35.2 Å². The van der Waals surface area contributed by atoms with Crippen molar-refractivity contribution in [2.75, 3.05) is 62.4 Å². The number of carbonyl (C=O) groups is 8. The van der Waals surface area contributed by atoms with E-state index < -0.39 is 146 Å². The molecule has 16 N–H and O–H groups in total. The Morgan fingerprint density at radius 2 is 0.760 bits per heavy atom. The van der Waals surface area contributed by atoms with Crippen molar-refractivity contribution < 1.29 is 108 Å². The zero-order valence-electron chi connectivity index (χ0n) is 52.4. The van der Waals surface area contributed by atoms with Crippen LogP contribution in [0.3, 0.4) is 0 Å². The molecule has 0 saturated carbocycles. The molecular formula is C66H80N6O22S2. The number of aliphatic hydroxyl groups excluding tert-OH is 6. The van der Waals surface area contributed by atoms with Crippen LogP contribution in [0.2, 0.25) is 0 Å². The summed E-state index contributed by atoms with van der Waals surface area (Å²) in [5.41, 5.74) is 4.11. The summed E-state index contributed by atoms with van der Waals surface area (Å²) in [4.78, 5) is 102. The number of nitrogens with one attached hydrogen (secondary N) is 6. The van der Waals surface area contributed by atoms with Crippen molar-refractivity contribution in [3.05, 3.63) is 144 Å².